The third-order valence-electron chi connectivity index (χ3n) is 5.86. The van der Waals surface area contributed by atoms with Crippen LogP contribution in [0.4, 0.5) is 26.4 Å². The van der Waals surface area contributed by atoms with Crippen LogP contribution < -0.4 is 16.0 Å². The standard InChI is InChI=1S/C22H24F2N8O2S/c1-35(33)19-13-17(14(23)11-15(19)24)31-8-6-30(7-9-31)5-4-26-22-27-20-12-16(18-3-2-10-34-18)29-32(20)21(25)28-22/h2-3,10-13H,4-9H2,1H3,(H3,25,26,27,28). The molecule has 35 heavy (non-hydrogen) atoms. The van der Waals surface area contributed by atoms with Crippen LogP contribution in [0.25, 0.3) is 17.1 Å². The van der Waals surface area contributed by atoms with Crippen LogP contribution in [-0.4, -0.2) is 74.2 Å². The molecule has 0 amide bonds. The fourth-order valence-corrected chi connectivity index (χ4v) is 4.66. The van der Waals surface area contributed by atoms with E-state index in [9.17, 15) is 13.0 Å². The predicted octanol–water partition coefficient (Wildman–Crippen LogP) is 2.22. The van der Waals surface area contributed by atoms with E-state index in [0.717, 1.165) is 12.6 Å². The zero-order valence-corrected chi connectivity index (χ0v) is 19.8. The second-order valence-corrected chi connectivity index (χ2v) is 9.47. The summed E-state index contributed by atoms with van der Waals surface area (Å²) in [6.45, 7) is 3.83. The van der Waals surface area contributed by atoms with Crippen molar-refractivity contribution in [3.8, 4) is 11.5 Å². The first kappa shape index (κ1) is 23.2. The maximum Gasteiger partial charge on any atom is 0.228 e. The highest BCUT2D eigenvalue weighted by Gasteiger charge is 2.22. The van der Waals surface area contributed by atoms with Gasteiger partial charge >= 0.3 is 0 Å². The van der Waals surface area contributed by atoms with Crippen LogP contribution in [0.5, 0.6) is 0 Å². The third kappa shape index (κ3) is 4.82. The van der Waals surface area contributed by atoms with E-state index >= 15 is 0 Å². The largest absolute Gasteiger partial charge is 0.463 e. The smallest absolute Gasteiger partial charge is 0.228 e. The van der Waals surface area contributed by atoms with E-state index in [-0.39, 0.29) is 16.5 Å². The normalized spacial score (nSPS) is 15.6. The van der Waals surface area contributed by atoms with Gasteiger partial charge in [0.25, 0.3) is 0 Å². The second-order valence-electron chi connectivity index (χ2n) is 8.13. The van der Waals surface area contributed by atoms with Crippen LogP contribution in [0.15, 0.2) is 45.9 Å². The highest BCUT2D eigenvalue weighted by atomic mass is 32.2. The fraction of sp³-hybridized carbons (Fsp3) is 0.318. The van der Waals surface area contributed by atoms with Crippen molar-refractivity contribution in [2.24, 2.45) is 0 Å². The maximum atomic E-state index is 14.4. The topological polar surface area (TPSA) is 118 Å². The Morgan fingerprint density at radius 3 is 2.66 bits per heavy atom. The minimum absolute atomic E-state index is 0.0127. The summed E-state index contributed by atoms with van der Waals surface area (Å²) in [7, 11) is -1.53. The number of rotatable bonds is 7. The molecule has 3 N–H and O–H groups in total. The minimum atomic E-state index is -1.53. The van der Waals surface area contributed by atoms with Crippen LogP contribution in [-0.2, 0) is 10.8 Å². The number of nitrogen functional groups attached to an aromatic ring is 1. The Kier molecular flexibility index (Phi) is 6.34. The quantitative estimate of drug-likeness (QED) is 0.392. The van der Waals surface area contributed by atoms with Crippen molar-refractivity contribution in [1.82, 2.24) is 24.5 Å². The van der Waals surface area contributed by atoms with E-state index in [4.69, 9.17) is 10.2 Å². The van der Waals surface area contributed by atoms with Crippen molar-refractivity contribution < 1.29 is 17.4 Å². The Hall–Kier alpha value is -3.58. The van der Waals surface area contributed by atoms with Crippen molar-refractivity contribution in [3.05, 3.63) is 48.2 Å². The lowest BCUT2D eigenvalue weighted by Gasteiger charge is -2.36. The molecule has 5 rings (SSSR count). The number of nitrogens with zero attached hydrogens (tertiary/aromatic N) is 6. The van der Waals surface area contributed by atoms with Gasteiger partial charge in [-0.15, -0.1) is 0 Å². The molecule has 1 atom stereocenters. The fourth-order valence-electron chi connectivity index (χ4n) is 4.05. The van der Waals surface area contributed by atoms with Gasteiger partial charge in [0, 0.05) is 57.7 Å². The van der Waals surface area contributed by atoms with Crippen LogP contribution in [0, 0.1) is 11.6 Å². The average Bonchev–Trinajstić information content (AvgIpc) is 3.50. The minimum Gasteiger partial charge on any atom is -0.463 e. The highest BCUT2D eigenvalue weighted by Crippen LogP contribution is 2.26. The van der Waals surface area contributed by atoms with E-state index in [1.54, 1.807) is 24.5 Å². The van der Waals surface area contributed by atoms with E-state index in [0.29, 0.717) is 55.8 Å². The first-order valence-electron chi connectivity index (χ1n) is 11.0. The third-order valence-corrected chi connectivity index (χ3v) is 6.79. The number of aromatic nitrogens is 4. The number of benzene rings is 1. The molecule has 3 aromatic heterocycles. The molecule has 10 nitrogen and oxygen atoms in total. The number of fused-ring (bicyclic) bond motifs is 1. The summed E-state index contributed by atoms with van der Waals surface area (Å²) < 4.78 is 46.8. The Morgan fingerprint density at radius 2 is 1.94 bits per heavy atom. The van der Waals surface area contributed by atoms with Crippen molar-refractivity contribution in [3.63, 3.8) is 0 Å². The summed E-state index contributed by atoms with van der Waals surface area (Å²) in [5.74, 6) is -0.216. The molecule has 0 aliphatic carbocycles. The molecule has 1 saturated heterocycles. The number of hydrogen-bond acceptors (Lipinski definition) is 9. The molecule has 0 saturated carbocycles. The van der Waals surface area contributed by atoms with E-state index in [2.05, 4.69) is 25.3 Å². The maximum absolute atomic E-state index is 14.4. The van der Waals surface area contributed by atoms with Gasteiger partial charge in [-0.3, -0.25) is 9.11 Å². The first-order chi connectivity index (χ1) is 16.9. The molecule has 1 fully saturated rings. The molecule has 0 bridgehead atoms. The molecule has 4 heterocycles. The van der Waals surface area contributed by atoms with Crippen molar-refractivity contribution >= 4 is 34.0 Å². The molecule has 1 unspecified atom stereocenters. The van der Waals surface area contributed by atoms with Crippen LogP contribution >= 0.6 is 0 Å². The number of halogens is 2. The summed E-state index contributed by atoms with van der Waals surface area (Å²) in [6.07, 6.45) is 2.95. The number of anilines is 3. The van der Waals surface area contributed by atoms with Gasteiger partial charge in [-0.1, -0.05) is 0 Å². The van der Waals surface area contributed by atoms with Gasteiger partial charge in [0.1, 0.15) is 17.3 Å². The molecule has 0 spiro atoms. The van der Waals surface area contributed by atoms with Gasteiger partial charge in [0.05, 0.1) is 27.6 Å². The van der Waals surface area contributed by atoms with E-state index in [1.165, 1.54) is 16.8 Å². The summed E-state index contributed by atoms with van der Waals surface area (Å²) in [4.78, 5) is 12.8. The van der Waals surface area contributed by atoms with Gasteiger partial charge in [-0.25, -0.2) is 8.78 Å². The lowest BCUT2D eigenvalue weighted by atomic mass is 10.2. The summed E-state index contributed by atoms with van der Waals surface area (Å²) in [5, 5.41) is 7.57. The van der Waals surface area contributed by atoms with Gasteiger partial charge < -0.3 is 20.4 Å². The second kappa shape index (κ2) is 9.58. The molecular weight excluding hydrogens is 478 g/mol. The zero-order chi connectivity index (χ0) is 24.5. The van der Waals surface area contributed by atoms with Crippen molar-refractivity contribution in [2.75, 3.05) is 61.5 Å². The predicted molar refractivity (Wildman–Crippen MR) is 129 cm³/mol. The van der Waals surface area contributed by atoms with E-state index in [1.807, 2.05) is 4.90 Å². The molecule has 4 aromatic rings. The van der Waals surface area contributed by atoms with Gasteiger partial charge in [-0.2, -0.15) is 19.6 Å². The van der Waals surface area contributed by atoms with Gasteiger partial charge in [0.15, 0.2) is 11.4 Å². The van der Waals surface area contributed by atoms with E-state index < -0.39 is 22.4 Å². The molecule has 1 aliphatic rings. The molecule has 1 aromatic carbocycles. The molecule has 13 heteroatoms. The highest BCUT2D eigenvalue weighted by molar-refractivity contribution is 7.84. The lowest BCUT2D eigenvalue weighted by molar-refractivity contribution is 0.266. The van der Waals surface area contributed by atoms with Gasteiger partial charge in [-0.05, 0) is 18.2 Å². The molecule has 0 radical (unpaired) electrons. The van der Waals surface area contributed by atoms with Gasteiger partial charge in [0.2, 0.25) is 11.9 Å². The Bertz CT molecular complexity index is 1370. The number of nitrogens with one attached hydrogen (secondary N) is 1. The summed E-state index contributed by atoms with van der Waals surface area (Å²) in [6, 6.07) is 7.52. The number of furan rings is 1. The van der Waals surface area contributed by atoms with Crippen LogP contribution in [0.3, 0.4) is 0 Å². The Balaban J connectivity index is 1.17. The number of nitrogens with two attached hydrogens (primary N) is 1. The SMILES string of the molecule is CS(=O)c1cc(N2CCN(CCNc3nc(N)n4nc(-c5ccco5)cc4n3)CC2)c(F)cc1F. The Labute approximate surface area is 202 Å². The van der Waals surface area contributed by atoms with Crippen LogP contribution in [0.2, 0.25) is 0 Å². The molecule has 184 valence electrons. The Morgan fingerprint density at radius 1 is 1.14 bits per heavy atom. The number of hydrogen-bond donors (Lipinski definition) is 2. The first-order valence-corrected chi connectivity index (χ1v) is 12.6. The van der Waals surface area contributed by atoms with Crippen molar-refractivity contribution in [2.45, 2.75) is 4.90 Å². The lowest BCUT2D eigenvalue weighted by Crippen LogP contribution is -2.48. The average molecular weight is 503 g/mol. The monoisotopic (exact) mass is 502 g/mol. The molecular formula is C22H24F2N8O2S. The molecule has 1 aliphatic heterocycles. The summed E-state index contributed by atoms with van der Waals surface area (Å²) in [5.41, 5.74) is 7.49. The zero-order valence-electron chi connectivity index (χ0n) is 18.9. The number of piperazine rings is 1. The van der Waals surface area contributed by atoms with Crippen LogP contribution in [0.1, 0.15) is 0 Å². The summed E-state index contributed by atoms with van der Waals surface area (Å²) >= 11 is 0. The van der Waals surface area contributed by atoms with Crippen molar-refractivity contribution in [1.29, 1.82) is 0 Å².